The van der Waals surface area contributed by atoms with Crippen molar-refractivity contribution in [3.05, 3.63) is 5.69 Å². The normalized spacial score (nSPS) is 12.2. The molecule has 1 amide bonds. The van der Waals surface area contributed by atoms with Gasteiger partial charge in [0, 0.05) is 13.6 Å². The van der Waals surface area contributed by atoms with Gasteiger partial charge in [-0.15, -0.1) is 0 Å². The summed E-state index contributed by atoms with van der Waals surface area (Å²) in [4.78, 5) is 11.6. The standard InChI is InChI=1S/C11H21N5O/c1-5-8-9(12)10(16(4)15-8)14-7(3)11(17)13-6-2/h7,14H,5-6,12H2,1-4H3,(H,13,17). The maximum atomic E-state index is 11.6. The van der Waals surface area contributed by atoms with Crippen molar-refractivity contribution in [3.63, 3.8) is 0 Å². The van der Waals surface area contributed by atoms with Gasteiger partial charge in [0.05, 0.1) is 11.4 Å². The van der Waals surface area contributed by atoms with Gasteiger partial charge in [-0.05, 0) is 20.3 Å². The van der Waals surface area contributed by atoms with Crippen LogP contribution in [-0.2, 0) is 18.3 Å². The van der Waals surface area contributed by atoms with E-state index in [4.69, 9.17) is 5.73 Å². The Morgan fingerprint density at radius 1 is 1.53 bits per heavy atom. The van der Waals surface area contributed by atoms with Gasteiger partial charge in [-0.25, -0.2) is 0 Å². The number of amides is 1. The molecule has 1 aromatic heterocycles. The quantitative estimate of drug-likeness (QED) is 0.698. The molecule has 1 rings (SSSR count). The van der Waals surface area contributed by atoms with E-state index in [9.17, 15) is 4.79 Å². The Morgan fingerprint density at radius 2 is 2.18 bits per heavy atom. The molecule has 1 aromatic rings. The molecule has 4 N–H and O–H groups in total. The molecular formula is C11H21N5O. The van der Waals surface area contributed by atoms with Crippen LogP contribution in [0.2, 0.25) is 0 Å². The van der Waals surface area contributed by atoms with E-state index in [0.29, 0.717) is 18.1 Å². The Bertz CT molecular complexity index is 399. The highest BCUT2D eigenvalue weighted by molar-refractivity contribution is 5.85. The summed E-state index contributed by atoms with van der Waals surface area (Å²) in [7, 11) is 1.81. The number of likely N-dealkylation sites (N-methyl/N-ethyl adjacent to an activating group) is 1. The summed E-state index contributed by atoms with van der Waals surface area (Å²) in [5.74, 6) is 0.645. The first-order valence-corrected chi connectivity index (χ1v) is 5.86. The Labute approximate surface area is 102 Å². The molecule has 0 aliphatic carbocycles. The van der Waals surface area contributed by atoms with Crippen molar-refractivity contribution >= 4 is 17.4 Å². The maximum absolute atomic E-state index is 11.6. The summed E-state index contributed by atoms with van der Waals surface area (Å²) in [6.45, 7) is 6.29. The van der Waals surface area contributed by atoms with Gasteiger partial charge in [0.25, 0.3) is 0 Å². The molecule has 96 valence electrons. The number of nitrogen functional groups attached to an aromatic ring is 1. The Hall–Kier alpha value is -1.72. The Balaban J connectivity index is 2.81. The first-order chi connectivity index (χ1) is 8.01. The van der Waals surface area contributed by atoms with Crippen LogP contribution in [-0.4, -0.2) is 28.3 Å². The molecule has 1 atom stereocenters. The zero-order chi connectivity index (χ0) is 13.0. The van der Waals surface area contributed by atoms with Crippen molar-refractivity contribution in [2.75, 3.05) is 17.6 Å². The van der Waals surface area contributed by atoms with Crippen molar-refractivity contribution in [1.29, 1.82) is 0 Å². The van der Waals surface area contributed by atoms with Crippen LogP contribution in [0, 0.1) is 0 Å². The number of hydrogen-bond acceptors (Lipinski definition) is 4. The van der Waals surface area contributed by atoms with Crippen LogP contribution in [0.1, 0.15) is 26.5 Å². The smallest absolute Gasteiger partial charge is 0.242 e. The number of aryl methyl sites for hydroxylation is 2. The van der Waals surface area contributed by atoms with E-state index in [-0.39, 0.29) is 11.9 Å². The van der Waals surface area contributed by atoms with E-state index in [0.717, 1.165) is 12.1 Å². The highest BCUT2D eigenvalue weighted by atomic mass is 16.2. The minimum Gasteiger partial charge on any atom is -0.394 e. The lowest BCUT2D eigenvalue weighted by Gasteiger charge is -2.15. The molecule has 0 aromatic carbocycles. The fourth-order valence-electron chi connectivity index (χ4n) is 1.63. The third kappa shape index (κ3) is 2.89. The van der Waals surface area contributed by atoms with E-state index < -0.39 is 0 Å². The van der Waals surface area contributed by atoms with Crippen LogP contribution in [0.4, 0.5) is 11.5 Å². The van der Waals surface area contributed by atoms with E-state index in [2.05, 4.69) is 15.7 Å². The first kappa shape index (κ1) is 13.3. The zero-order valence-corrected chi connectivity index (χ0v) is 10.9. The zero-order valence-electron chi connectivity index (χ0n) is 10.9. The monoisotopic (exact) mass is 239 g/mol. The van der Waals surface area contributed by atoms with Gasteiger partial charge in [-0.2, -0.15) is 5.10 Å². The average Bonchev–Trinajstić information content (AvgIpc) is 2.56. The molecule has 0 fully saturated rings. The highest BCUT2D eigenvalue weighted by Gasteiger charge is 2.17. The number of nitrogens with zero attached hydrogens (tertiary/aromatic N) is 2. The van der Waals surface area contributed by atoms with E-state index in [1.54, 1.807) is 11.6 Å². The number of carbonyl (C=O) groups is 1. The molecule has 0 radical (unpaired) electrons. The third-order valence-corrected chi connectivity index (χ3v) is 2.59. The van der Waals surface area contributed by atoms with Crippen LogP contribution < -0.4 is 16.4 Å². The van der Waals surface area contributed by atoms with Crippen molar-refractivity contribution in [2.45, 2.75) is 33.2 Å². The number of rotatable bonds is 5. The minimum absolute atomic E-state index is 0.0499. The fraction of sp³-hybridized carbons (Fsp3) is 0.636. The lowest BCUT2D eigenvalue weighted by molar-refractivity contribution is -0.121. The predicted molar refractivity (Wildman–Crippen MR) is 68.8 cm³/mol. The molecule has 0 bridgehead atoms. The summed E-state index contributed by atoms with van der Waals surface area (Å²) in [6, 6.07) is -0.336. The third-order valence-electron chi connectivity index (χ3n) is 2.59. The van der Waals surface area contributed by atoms with Crippen LogP contribution in [0.25, 0.3) is 0 Å². The Morgan fingerprint density at radius 3 is 2.65 bits per heavy atom. The van der Waals surface area contributed by atoms with Gasteiger partial charge in [0.1, 0.15) is 11.9 Å². The van der Waals surface area contributed by atoms with E-state index >= 15 is 0 Å². The molecule has 1 unspecified atom stereocenters. The maximum Gasteiger partial charge on any atom is 0.242 e. The summed E-state index contributed by atoms with van der Waals surface area (Å²) in [6.07, 6.45) is 0.775. The molecule has 6 heteroatoms. The van der Waals surface area contributed by atoms with Gasteiger partial charge in [0.2, 0.25) is 5.91 Å². The van der Waals surface area contributed by atoms with Gasteiger partial charge in [-0.3, -0.25) is 9.48 Å². The lowest BCUT2D eigenvalue weighted by Crippen LogP contribution is -2.37. The topological polar surface area (TPSA) is 85.0 Å². The van der Waals surface area contributed by atoms with Crippen LogP contribution >= 0.6 is 0 Å². The van der Waals surface area contributed by atoms with Crippen LogP contribution in [0.5, 0.6) is 0 Å². The number of anilines is 2. The fourth-order valence-corrected chi connectivity index (χ4v) is 1.63. The van der Waals surface area contributed by atoms with Gasteiger partial charge < -0.3 is 16.4 Å². The van der Waals surface area contributed by atoms with Crippen molar-refractivity contribution in [3.8, 4) is 0 Å². The summed E-state index contributed by atoms with van der Waals surface area (Å²) in [5, 5.41) is 10.1. The van der Waals surface area contributed by atoms with E-state index in [1.165, 1.54) is 0 Å². The van der Waals surface area contributed by atoms with Gasteiger partial charge in [-0.1, -0.05) is 6.92 Å². The van der Waals surface area contributed by atoms with Gasteiger partial charge in [0.15, 0.2) is 0 Å². The summed E-state index contributed by atoms with van der Waals surface area (Å²) < 4.78 is 1.67. The Kier molecular flexibility index (Phi) is 4.37. The molecule has 6 nitrogen and oxygen atoms in total. The molecule has 0 aliphatic heterocycles. The lowest BCUT2D eigenvalue weighted by atomic mass is 10.2. The summed E-state index contributed by atoms with van der Waals surface area (Å²) in [5.41, 5.74) is 7.42. The predicted octanol–water partition coefficient (Wildman–Crippen LogP) is 0.501. The molecule has 0 spiro atoms. The van der Waals surface area contributed by atoms with E-state index in [1.807, 2.05) is 20.9 Å². The molecular weight excluding hydrogens is 218 g/mol. The minimum atomic E-state index is -0.336. The van der Waals surface area contributed by atoms with Crippen molar-refractivity contribution in [1.82, 2.24) is 15.1 Å². The van der Waals surface area contributed by atoms with Crippen LogP contribution in [0.15, 0.2) is 0 Å². The first-order valence-electron chi connectivity index (χ1n) is 5.86. The van der Waals surface area contributed by atoms with Gasteiger partial charge >= 0.3 is 0 Å². The highest BCUT2D eigenvalue weighted by Crippen LogP contribution is 2.22. The second-order valence-corrected chi connectivity index (χ2v) is 3.95. The molecule has 0 aliphatic rings. The van der Waals surface area contributed by atoms with Crippen LogP contribution in [0.3, 0.4) is 0 Å². The number of nitrogens with two attached hydrogens (primary N) is 1. The molecule has 1 heterocycles. The second kappa shape index (κ2) is 5.56. The molecule has 17 heavy (non-hydrogen) atoms. The summed E-state index contributed by atoms with van der Waals surface area (Å²) >= 11 is 0. The molecule has 0 saturated carbocycles. The molecule has 0 saturated heterocycles. The number of carbonyl (C=O) groups excluding carboxylic acids is 1. The van der Waals surface area contributed by atoms with Crippen molar-refractivity contribution < 1.29 is 4.79 Å². The number of aromatic nitrogens is 2. The number of hydrogen-bond donors (Lipinski definition) is 3. The second-order valence-electron chi connectivity index (χ2n) is 3.95. The van der Waals surface area contributed by atoms with Crippen molar-refractivity contribution in [2.24, 2.45) is 7.05 Å². The number of nitrogens with one attached hydrogen (secondary N) is 2. The largest absolute Gasteiger partial charge is 0.394 e. The SMILES string of the molecule is CCNC(=O)C(C)Nc1c(N)c(CC)nn1C. The average molecular weight is 239 g/mol.